The van der Waals surface area contributed by atoms with Crippen LogP contribution >= 0.6 is 0 Å². The fourth-order valence-electron chi connectivity index (χ4n) is 4.31. The Balaban J connectivity index is 1.71. The SMILES string of the molecule is CCn1c(=O)c2ccccc2n(CC(=O)NC2(c3noc(C)n3)CCCCC2)c1=O. The third-order valence-corrected chi connectivity index (χ3v) is 5.79. The van der Waals surface area contributed by atoms with Crippen molar-refractivity contribution >= 4 is 16.8 Å². The molecule has 1 aliphatic carbocycles. The fourth-order valence-corrected chi connectivity index (χ4v) is 4.31. The van der Waals surface area contributed by atoms with Gasteiger partial charge in [-0.1, -0.05) is 36.6 Å². The lowest BCUT2D eigenvalue weighted by atomic mass is 9.81. The van der Waals surface area contributed by atoms with Crippen LogP contribution < -0.4 is 16.6 Å². The number of hydrogen-bond donors (Lipinski definition) is 1. The van der Waals surface area contributed by atoms with Crippen LogP contribution in [0.2, 0.25) is 0 Å². The highest BCUT2D eigenvalue weighted by Gasteiger charge is 2.39. The van der Waals surface area contributed by atoms with Gasteiger partial charge < -0.3 is 9.84 Å². The molecule has 9 heteroatoms. The van der Waals surface area contributed by atoms with Gasteiger partial charge in [-0.3, -0.25) is 18.7 Å². The number of carbonyl (C=O) groups excluding carboxylic acids is 1. The molecule has 0 saturated heterocycles. The van der Waals surface area contributed by atoms with Crippen molar-refractivity contribution in [3.8, 4) is 0 Å². The van der Waals surface area contributed by atoms with Gasteiger partial charge in [0, 0.05) is 13.5 Å². The molecule has 0 radical (unpaired) electrons. The van der Waals surface area contributed by atoms with E-state index in [1.54, 1.807) is 38.1 Å². The maximum absolute atomic E-state index is 13.1. The molecule has 2 aromatic heterocycles. The monoisotopic (exact) mass is 411 g/mol. The van der Waals surface area contributed by atoms with Gasteiger partial charge in [-0.15, -0.1) is 0 Å². The van der Waals surface area contributed by atoms with E-state index in [0.29, 0.717) is 35.5 Å². The number of nitrogens with zero attached hydrogens (tertiary/aromatic N) is 4. The first-order chi connectivity index (χ1) is 14.4. The third-order valence-electron chi connectivity index (χ3n) is 5.79. The van der Waals surface area contributed by atoms with E-state index < -0.39 is 11.2 Å². The van der Waals surface area contributed by atoms with E-state index in [1.807, 2.05) is 0 Å². The minimum atomic E-state index is -0.703. The number of aromatic nitrogens is 4. The number of benzene rings is 1. The summed E-state index contributed by atoms with van der Waals surface area (Å²) in [4.78, 5) is 43.0. The average molecular weight is 411 g/mol. The Morgan fingerprint density at radius 3 is 2.57 bits per heavy atom. The summed E-state index contributed by atoms with van der Waals surface area (Å²) in [6.45, 7) is 3.49. The van der Waals surface area contributed by atoms with Crippen molar-refractivity contribution in [2.45, 2.75) is 64.6 Å². The molecule has 9 nitrogen and oxygen atoms in total. The quantitative estimate of drug-likeness (QED) is 0.686. The summed E-state index contributed by atoms with van der Waals surface area (Å²) in [5.74, 6) is 0.595. The molecule has 0 aliphatic heterocycles. The lowest BCUT2D eigenvalue weighted by molar-refractivity contribution is -0.124. The molecule has 1 N–H and O–H groups in total. The van der Waals surface area contributed by atoms with Gasteiger partial charge in [0.05, 0.1) is 10.9 Å². The molecule has 1 saturated carbocycles. The van der Waals surface area contributed by atoms with Gasteiger partial charge in [-0.25, -0.2) is 4.79 Å². The van der Waals surface area contributed by atoms with Gasteiger partial charge in [0.25, 0.3) is 5.56 Å². The molecule has 30 heavy (non-hydrogen) atoms. The number of para-hydroxylation sites is 1. The Kier molecular flexibility index (Phi) is 5.27. The molecule has 0 bridgehead atoms. The summed E-state index contributed by atoms with van der Waals surface area (Å²) in [7, 11) is 0. The van der Waals surface area contributed by atoms with E-state index in [9.17, 15) is 14.4 Å². The molecule has 2 heterocycles. The van der Waals surface area contributed by atoms with Crippen LogP contribution in [0.1, 0.15) is 50.7 Å². The van der Waals surface area contributed by atoms with Crippen LogP contribution in [-0.2, 0) is 23.4 Å². The third kappa shape index (κ3) is 3.44. The molecule has 1 fully saturated rings. The Hall–Kier alpha value is -3.23. The lowest BCUT2D eigenvalue weighted by Gasteiger charge is -2.35. The van der Waals surface area contributed by atoms with E-state index in [-0.39, 0.29) is 24.6 Å². The van der Waals surface area contributed by atoms with Crippen LogP contribution in [0.25, 0.3) is 10.9 Å². The summed E-state index contributed by atoms with van der Waals surface area (Å²) >= 11 is 0. The normalized spacial score (nSPS) is 15.9. The molecular formula is C21H25N5O4. The largest absolute Gasteiger partial charge is 0.342 e. The Morgan fingerprint density at radius 1 is 1.17 bits per heavy atom. The smallest absolute Gasteiger partial charge is 0.331 e. The second-order valence-corrected chi connectivity index (χ2v) is 7.76. The predicted molar refractivity (Wildman–Crippen MR) is 110 cm³/mol. The maximum Gasteiger partial charge on any atom is 0.331 e. The van der Waals surface area contributed by atoms with Crippen molar-refractivity contribution in [2.24, 2.45) is 0 Å². The van der Waals surface area contributed by atoms with Crippen molar-refractivity contribution in [1.82, 2.24) is 24.6 Å². The van der Waals surface area contributed by atoms with Gasteiger partial charge >= 0.3 is 5.69 Å². The standard InChI is InChI=1S/C21H25N5O4/c1-3-25-18(28)15-9-5-6-10-16(15)26(20(25)29)13-17(27)23-21(11-7-4-8-12-21)19-22-14(2)30-24-19/h5-6,9-10H,3-4,7-8,11-13H2,1-2H3,(H,23,27). The molecule has 0 spiro atoms. The van der Waals surface area contributed by atoms with Crippen molar-refractivity contribution in [1.29, 1.82) is 0 Å². The van der Waals surface area contributed by atoms with Crippen LogP contribution in [0.15, 0.2) is 38.4 Å². The first-order valence-electron chi connectivity index (χ1n) is 10.3. The van der Waals surface area contributed by atoms with E-state index >= 15 is 0 Å². The summed E-state index contributed by atoms with van der Waals surface area (Å²) < 4.78 is 7.66. The van der Waals surface area contributed by atoms with Crippen molar-refractivity contribution in [3.63, 3.8) is 0 Å². The molecule has 0 atom stereocenters. The number of aryl methyl sites for hydroxylation is 1. The van der Waals surface area contributed by atoms with Gasteiger partial charge in [0.2, 0.25) is 11.8 Å². The van der Waals surface area contributed by atoms with Gasteiger partial charge in [-0.2, -0.15) is 4.98 Å². The molecular weight excluding hydrogens is 386 g/mol. The number of rotatable bonds is 5. The first kappa shape index (κ1) is 20.1. The van der Waals surface area contributed by atoms with E-state index in [2.05, 4.69) is 15.5 Å². The van der Waals surface area contributed by atoms with Crippen LogP contribution in [-0.4, -0.2) is 25.2 Å². The van der Waals surface area contributed by atoms with Crippen LogP contribution in [0.4, 0.5) is 0 Å². The first-order valence-corrected chi connectivity index (χ1v) is 10.3. The second kappa shape index (κ2) is 7.89. The summed E-state index contributed by atoms with van der Waals surface area (Å²) in [6, 6.07) is 6.84. The zero-order valence-corrected chi connectivity index (χ0v) is 17.2. The maximum atomic E-state index is 13.1. The Bertz CT molecular complexity index is 1200. The topological polar surface area (TPSA) is 112 Å². The van der Waals surface area contributed by atoms with Crippen LogP contribution in [0.3, 0.4) is 0 Å². The predicted octanol–water partition coefficient (Wildman–Crippen LogP) is 1.85. The van der Waals surface area contributed by atoms with Crippen molar-refractivity contribution in [3.05, 3.63) is 56.8 Å². The second-order valence-electron chi connectivity index (χ2n) is 7.76. The molecule has 0 unspecified atom stereocenters. The number of carbonyl (C=O) groups is 1. The Morgan fingerprint density at radius 2 is 1.90 bits per heavy atom. The minimum Gasteiger partial charge on any atom is -0.342 e. The highest BCUT2D eigenvalue weighted by molar-refractivity contribution is 5.82. The Labute approximate surface area is 172 Å². The highest BCUT2D eigenvalue weighted by Crippen LogP contribution is 2.35. The highest BCUT2D eigenvalue weighted by atomic mass is 16.5. The van der Waals surface area contributed by atoms with E-state index in [4.69, 9.17) is 4.52 Å². The molecule has 4 rings (SSSR count). The minimum absolute atomic E-state index is 0.196. The molecule has 158 valence electrons. The molecule has 1 amide bonds. The van der Waals surface area contributed by atoms with Gasteiger partial charge in [0.1, 0.15) is 12.1 Å². The van der Waals surface area contributed by atoms with E-state index in [1.165, 1.54) is 4.57 Å². The molecule has 1 aliphatic rings. The molecule has 1 aromatic carbocycles. The van der Waals surface area contributed by atoms with Crippen molar-refractivity contribution in [2.75, 3.05) is 0 Å². The number of hydrogen-bond acceptors (Lipinski definition) is 6. The van der Waals surface area contributed by atoms with Crippen LogP contribution in [0.5, 0.6) is 0 Å². The van der Waals surface area contributed by atoms with Crippen molar-refractivity contribution < 1.29 is 9.32 Å². The average Bonchev–Trinajstić information content (AvgIpc) is 3.19. The summed E-state index contributed by atoms with van der Waals surface area (Å²) in [5, 5.41) is 7.56. The fraction of sp³-hybridized carbons (Fsp3) is 0.476. The van der Waals surface area contributed by atoms with Crippen LogP contribution in [0, 0.1) is 6.92 Å². The number of amides is 1. The number of nitrogens with one attached hydrogen (secondary N) is 1. The summed E-state index contributed by atoms with van der Waals surface area (Å²) in [5.41, 5.74) is -1.10. The zero-order valence-electron chi connectivity index (χ0n) is 17.2. The van der Waals surface area contributed by atoms with Gasteiger partial charge in [0.15, 0.2) is 5.82 Å². The van der Waals surface area contributed by atoms with E-state index in [0.717, 1.165) is 23.8 Å². The molecule has 3 aromatic rings. The summed E-state index contributed by atoms with van der Waals surface area (Å²) in [6.07, 6.45) is 4.39. The zero-order chi connectivity index (χ0) is 21.3. The lowest BCUT2D eigenvalue weighted by Crippen LogP contribution is -2.50. The number of fused-ring (bicyclic) bond motifs is 1. The van der Waals surface area contributed by atoms with Gasteiger partial charge in [-0.05, 0) is 31.9 Å².